The number of H-pyrrole nitrogens is 1. The van der Waals surface area contributed by atoms with Crippen molar-refractivity contribution in [2.24, 2.45) is 0 Å². The maximum absolute atomic E-state index is 13.5. The van der Waals surface area contributed by atoms with E-state index in [0.29, 0.717) is 25.8 Å². The second-order valence-electron chi connectivity index (χ2n) is 6.42. The third-order valence-corrected chi connectivity index (χ3v) is 4.70. The van der Waals surface area contributed by atoms with Gasteiger partial charge < -0.3 is 10.0 Å². The summed E-state index contributed by atoms with van der Waals surface area (Å²) in [6.45, 7) is 4.15. The quantitative estimate of drug-likeness (QED) is 0.904. The monoisotopic (exact) mass is 331 g/mol. The van der Waals surface area contributed by atoms with Crippen LogP contribution in [0.1, 0.15) is 41.4 Å². The van der Waals surface area contributed by atoms with Crippen LogP contribution in [0.4, 0.5) is 4.39 Å². The second kappa shape index (κ2) is 6.73. The highest BCUT2D eigenvalue weighted by molar-refractivity contribution is 5.77. The molecular weight excluding hydrogens is 309 g/mol. The lowest BCUT2D eigenvalue weighted by Crippen LogP contribution is -2.32. The lowest BCUT2D eigenvalue weighted by atomic mass is 10.0. The Morgan fingerprint density at radius 3 is 2.92 bits per heavy atom. The number of aromatic amines is 1. The standard InChI is InChI=1S/C18H22FN3O2/c1-11-16(12(2)21-20-11)6-7-18(24)22-10-15(23)9-17(22)13-4-3-5-14(19)8-13/h3-5,8,15,17,23H,6-7,9-10H2,1-2H3,(H,20,21). The Kier molecular flexibility index (Phi) is 4.66. The molecule has 2 unspecified atom stereocenters. The van der Waals surface area contributed by atoms with E-state index in [1.54, 1.807) is 17.0 Å². The van der Waals surface area contributed by atoms with Gasteiger partial charge in [-0.1, -0.05) is 12.1 Å². The van der Waals surface area contributed by atoms with E-state index in [9.17, 15) is 14.3 Å². The predicted molar refractivity (Wildman–Crippen MR) is 87.9 cm³/mol. The summed E-state index contributed by atoms with van der Waals surface area (Å²) in [5.74, 6) is -0.355. The van der Waals surface area contributed by atoms with E-state index in [-0.39, 0.29) is 17.8 Å². The molecule has 128 valence electrons. The van der Waals surface area contributed by atoms with Crippen molar-refractivity contribution in [1.29, 1.82) is 0 Å². The molecule has 0 aliphatic carbocycles. The second-order valence-corrected chi connectivity index (χ2v) is 6.42. The molecule has 1 aromatic heterocycles. The molecule has 24 heavy (non-hydrogen) atoms. The van der Waals surface area contributed by atoms with Gasteiger partial charge in [-0.25, -0.2) is 4.39 Å². The molecule has 3 rings (SSSR count). The smallest absolute Gasteiger partial charge is 0.223 e. The SMILES string of the molecule is Cc1n[nH]c(C)c1CCC(=O)N1CC(O)CC1c1cccc(F)c1. The van der Waals surface area contributed by atoms with E-state index in [2.05, 4.69) is 10.2 Å². The van der Waals surface area contributed by atoms with E-state index in [1.807, 2.05) is 13.8 Å². The fourth-order valence-corrected chi connectivity index (χ4v) is 3.44. The Morgan fingerprint density at radius 1 is 1.46 bits per heavy atom. The Labute approximate surface area is 140 Å². The van der Waals surface area contributed by atoms with Crippen LogP contribution in [0.25, 0.3) is 0 Å². The van der Waals surface area contributed by atoms with Crippen LogP contribution in [0.15, 0.2) is 24.3 Å². The van der Waals surface area contributed by atoms with Crippen molar-refractivity contribution in [3.8, 4) is 0 Å². The summed E-state index contributed by atoms with van der Waals surface area (Å²) in [5, 5.41) is 17.1. The Morgan fingerprint density at radius 2 is 2.25 bits per heavy atom. The molecule has 1 aliphatic rings. The molecule has 2 heterocycles. The van der Waals surface area contributed by atoms with Crippen molar-refractivity contribution in [3.05, 3.63) is 52.6 Å². The van der Waals surface area contributed by atoms with E-state index < -0.39 is 6.10 Å². The number of aryl methyl sites for hydroxylation is 2. The van der Waals surface area contributed by atoms with Gasteiger partial charge in [-0.05, 0) is 49.9 Å². The molecule has 1 saturated heterocycles. The third kappa shape index (κ3) is 3.33. The third-order valence-electron chi connectivity index (χ3n) is 4.70. The molecule has 2 aromatic rings. The van der Waals surface area contributed by atoms with Gasteiger partial charge in [-0.15, -0.1) is 0 Å². The highest BCUT2D eigenvalue weighted by atomic mass is 19.1. The Hall–Kier alpha value is -2.21. The van der Waals surface area contributed by atoms with Gasteiger partial charge in [0.1, 0.15) is 5.82 Å². The minimum atomic E-state index is -0.570. The van der Waals surface area contributed by atoms with E-state index >= 15 is 0 Å². The van der Waals surface area contributed by atoms with Gasteiger partial charge in [0, 0.05) is 18.7 Å². The molecule has 2 atom stereocenters. The van der Waals surface area contributed by atoms with E-state index in [0.717, 1.165) is 22.5 Å². The highest BCUT2D eigenvalue weighted by Crippen LogP contribution is 2.33. The number of aromatic nitrogens is 2. The molecule has 5 nitrogen and oxygen atoms in total. The van der Waals surface area contributed by atoms with Crippen molar-refractivity contribution in [1.82, 2.24) is 15.1 Å². The summed E-state index contributed by atoms with van der Waals surface area (Å²) < 4.78 is 13.5. The van der Waals surface area contributed by atoms with Gasteiger partial charge in [0.15, 0.2) is 0 Å². The molecule has 1 fully saturated rings. The zero-order valence-electron chi connectivity index (χ0n) is 13.9. The van der Waals surface area contributed by atoms with Gasteiger partial charge in [-0.3, -0.25) is 9.89 Å². The van der Waals surface area contributed by atoms with Crippen molar-refractivity contribution in [2.45, 2.75) is 45.3 Å². The van der Waals surface area contributed by atoms with Crippen LogP contribution in [0.5, 0.6) is 0 Å². The number of amides is 1. The van der Waals surface area contributed by atoms with Crippen LogP contribution in [-0.4, -0.2) is 38.8 Å². The normalized spacial score (nSPS) is 20.6. The van der Waals surface area contributed by atoms with Crippen LogP contribution < -0.4 is 0 Å². The topological polar surface area (TPSA) is 69.2 Å². The highest BCUT2D eigenvalue weighted by Gasteiger charge is 2.35. The molecule has 1 amide bonds. The first-order valence-corrected chi connectivity index (χ1v) is 8.19. The van der Waals surface area contributed by atoms with Gasteiger partial charge in [0.2, 0.25) is 5.91 Å². The van der Waals surface area contributed by atoms with Crippen molar-refractivity contribution in [3.63, 3.8) is 0 Å². The molecule has 1 aromatic carbocycles. The fourth-order valence-electron chi connectivity index (χ4n) is 3.44. The van der Waals surface area contributed by atoms with Crippen molar-refractivity contribution >= 4 is 5.91 Å². The minimum absolute atomic E-state index is 0.0270. The average Bonchev–Trinajstić information content (AvgIpc) is 3.08. The number of benzene rings is 1. The summed E-state index contributed by atoms with van der Waals surface area (Å²) >= 11 is 0. The van der Waals surface area contributed by atoms with Gasteiger partial charge in [0.25, 0.3) is 0 Å². The number of aliphatic hydroxyl groups excluding tert-OH is 1. The number of halogens is 1. The average molecular weight is 331 g/mol. The number of likely N-dealkylation sites (tertiary alicyclic amines) is 1. The van der Waals surface area contributed by atoms with Gasteiger partial charge in [0.05, 0.1) is 17.8 Å². The summed E-state index contributed by atoms with van der Waals surface area (Å²) in [6.07, 6.45) is 0.827. The van der Waals surface area contributed by atoms with Crippen LogP contribution in [0.3, 0.4) is 0 Å². The fraction of sp³-hybridized carbons (Fsp3) is 0.444. The minimum Gasteiger partial charge on any atom is -0.391 e. The van der Waals surface area contributed by atoms with Crippen LogP contribution in [0, 0.1) is 19.7 Å². The maximum Gasteiger partial charge on any atom is 0.223 e. The van der Waals surface area contributed by atoms with Crippen LogP contribution in [0.2, 0.25) is 0 Å². The number of aliphatic hydroxyl groups is 1. The molecule has 6 heteroatoms. The molecule has 0 spiro atoms. The molecule has 0 radical (unpaired) electrons. The summed E-state index contributed by atoms with van der Waals surface area (Å²) in [5.41, 5.74) is 3.67. The van der Waals surface area contributed by atoms with Crippen molar-refractivity contribution in [2.75, 3.05) is 6.54 Å². The molecule has 0 saturated carbocycles. The molecular formula is C18H22FN3O2. The van der Waals surface area contributed by atoms with Gasteiger partial charge >= 0.3 is 0 Å². The summed E-state index contributed by atoms with van der Waals surface area (Å²) in [7, 11) is 0. The summed E-state index contributed by atoms with van der Waals surface area (Å²) in [6, 6.07) is 5.99. The number of carbonyl (C=O) groups is 1. The first kappa shape index (κ1) is 16.6. The first-order valence-electron chi connectivity index (χ1n) is 8.19. The number of hydrogen-bond acceptors (Lipinski definition) is 3. The number of carbonyl (C=O) groups excluding carboxylic acids is 1. The number of nitrogens with zero attached hydrogens (tertiary/aromatic N) is 2. The number of β-amino-alcohol motifs (C(OH)–C–C–N with tert-alkyl or cyclic N) is 1. The lowest BCUT2D eigenvalue weighted by Gasteiger charge is -2.25. The zero-order valence-corrected chi connectivity index (χ0v) is 13.9. The lowest BCUT2D eigenvalue weighted by molar-refractivity contribution is -0.132. The molecule has 2 N–H and O–H groups in total. The first-order chi connectivity index (χ1) is 11.5. The number of rotatable bonds is 4. The predicted octanol–water partition coefficient (Wildman–Crippen LogP) is 2.43. The largest absolute Gasteiger partial charge is 0.391 e. The van der Waals surface area contributed by atoms with Crippen molar-refractivity contribution < 1.29 is 14.3 Å². The van der Waals surface area contributed by atoms with Gasteiger partial charge in [-0.2, -0.15) is 5.10 Å². The van der Waals surface area contributed by atoms with Crippen LogP contribution in [-0.2, 0) is 11.2 Å². The van der Waals surface area contributed by atoms with E-state index in [4.69, 9.17) is 0 Å². The van der Waals surface area contributed by atoms with Crippen LogP contribution >= 0.6 is 0 Å². The molecule has 0 bridgehead atoms. The summed E-state index contributed by atoms with van der Waals surface area (Å²) in [4.78, 5) is 14.3. The Bertz CT molecular complexity index is 724. The Balaban J connectivity index is 1.73. The number of nitrogens with one attached hydrogen (secondary N) is 1. The number of hydrogen-bond donors (Lipinski definition) is 2. The maximum atomic E-state index is 13.5. The van der Waals surface area contributed by atoms with E-state index in [1.165, 1.54) is 12.1 Å². The molecule has 1 aliphatic heterocycles. The zero-order chi connectivity index (χ0) is 17.3.